The van der Waals surface area contributed by atoms with Gasteiger partial charge in [-0.05, 0) is 80.2 Å². The Morgan fingerprint density at radius 3 is 2.53 bits per heavy atom. The van der Waals surface area contributed by atoms with Crippen LogP contribution in [0.25, 0.3) is 0 Å². The minimum atomic E-state index is -0.638. The minimum Gasteiger partial charge on any atom is -0.364 e. The fourth-order valence-corrected chi connectivity index (χ4v) is 6.43. The predicted molar refractivity (Wildman–Crippen MR) is 170 cm³/mol. The molecule has 1 aromatic carbocycles. The summed E-state index contributed by atoms with van der Waals surface area (Å²) in [4.78, 5) is 41.7. The van der Waals surface area contributed by atoms with Gasteiger partial charge in [0.2, 0.25) is 0 Å². The topological polar surface area (TPSA) is 129 Å². The highest BCUT2D eigenvalue weighted by molar-refractivity contribution is 5.96. The number of urea groups is 1. The highest BCUT2D eigenvalue weighted by atomic mass is 16.2. The monoisotopic (exact) mass is 584 g/mol. The SMILES string of the molecule is CC(c1ccccn1)C1CCCC(c2ccc(Nc3nc(N4CCCC(NC(=O)N(C)C)C4)cnc3C(N)=O)cc2)CC1. The second-order valence-electron chi connectivity index (χ2n) is 12.2. The minimum absolute atomic E-state index is 0.00250. The molecule has 1 aliphatic carbocycles. The van der Waals surface area contributed by atoms with Gasteiger partial charge >= 0.3 is 6.03 Å². The van der Waals surface area contributed by atoms with E-state index in [2.05, 4.69) is 56.7 Å². The van der Waals surface area contributed by atoms with Crippen LogP contribution in [0.4, 0.5) is 22.1 Å². The summed E-state index contributed by atoms with van der Waals surface area (Å²) in [7, 11) is 3.46. The largest absolute Gasteiger partial charge is 0.364 e. The maximum absolute atomic E-state index is 12.2. The van der Waals surface area contributed by atoms with E-state index in [1.54, 1.807) is 20.3 Å². The Morgan fingerprint density at radius 1 is 1.00 bits per heavy atom. The number of nitrogens with two attached hydrogens (primary N) is 1. The van der Waals surface area contributed by atoms with Crippen molar-refractivity contribution in [2.24, 2.45) is 11.7 Å². The zero-order chi connectivity index (χ0) is 30.3. The van der Waals surface area contributed by atoms with E-state index in [0.717, 1.165) is 25.1 Å². The number of carbonyl (C=O) groups is 2. The van der Waals surface area contributed by atoms with Crippen LogP contribution in [0.15, 0.2) is 54.9 Å². The van der Waals surface area contributed by atoms with Crippen LogP contribution in [0.1, 0.15) is 85.5 Å². The average molecular weight is 585 g/mol. The molecule has 0 spiro atoms. The van der Waals surface area contributed by atoms with Gasteiger partial charge in [-0.1, -0.05) is 31.5 Å². The highest BCUT2D eigenvalue weighted by Gasteiger charge is 2.26. The van der Waals surface area contributed by atoms with Gasteiger partial charge in [0.15, 0.2) is 11.5 Å². The first kappa shape index (κ1) is 30.3. The number of rotatable bonds is 8. The molecule has 10 heteroatoms. The van der Waals surface area contributed by atoms with Crippen molar-refractivity contribution in [2.45, 2.75) is 69.7 Å². The third kappa shape index (κ3) is 7.60. The molecule has 5 rings (SSSR count). The molecule has 3 amide bonds. The number of aromatic nitrogens is 3. The van der Waals surface area contributed by atoms with Crippen LogP contribution in [0.5, 0.6) is 0 Å². The summed E-state index contributed by atoms with van der Waals surface area (Å²) in [6, 6.07) is 14.5. The molecular formula is C33H44N8O2. The molecule has 4 unspecified atom stereocenters. The van der Waals surface area contributed by atoms with Crippen molar-refractivity contribution >= 4 is 29.3 Å². The number of benzene rings is 1. The smallest absolute Gasteiger partial charge is 0.317 e. The molecule has 1 saturated carbocycles. The molecule has 1 aliphatic heterocycles. The van der Waals surface area contributed by atoms with Crippen molar-refractivity contribution in [3.8, 4) is 0 Å². The number of nitrogens with zero attached hydrogens (tertiary/aromatic N) is 5. The maximum atomic E-state index is 12.2. The Kier molecular flexibility index (Phi) is 9.74. The first-order chi connectivity index (χ1) is 20.8. The molecule has 2 fully saturated rings. The zero-order valence-electron chi connectivity index (χ0n) is 25.5. The molecule has 10 nitrogen and oxygen atoms in total. The molecule has 43 heavy (non-hydrogen) atoms. The number of pyridine rings is 1. The number of anilines is 3. The van der Waals surface area contributed by atoms with E-state index >= 15 is 0 Å². The van der Waals surface area contributed by atoms with Crippen molar-refractivity contribution in [2.75, 3.05) is 37.4 Å². The Morgan fingerprint density at radius 2 is 1.81 bits per heavy atom. The quantitative estimate of drug-likeness (QED) is 0.302. The first-order valence-electron chi connectivity index (χ1n) is 15.5. The molecule has 1 saturated heterocycles. The van der Waals surface area contributed by atoms with Crippen molar-refractivity contribution in [3.63, 3.8) is 0 Å². The number of piperidine rings is 1. The lowest BCUT2D eigenvalue weighted by molar-refractivity contribution is 0.0996. The summed E-state index contributed by atoms with van der Waals surface area (Å²) in [5, 5.41) is 6.35. The standard InChI is InChI=1S/C33H44N8O2/c1-22(28-11-4-5-18-35-28)23-8-6-9-24(13-12-23)25-14-16-26(17-15-25)37-32-30(31(34)42)36-20-29(39-32)41-19-7-10-27(21-41)38-33(43)40(2)3/h4-5,11,14-18,20,22-24,27H,6-10,12-13,19,21H2,1-3H3,(H2,34,42)(H,37,39)(H,38,43). The summed E-state index contributed by atoms with van der Waals surface area (Å²) in [6.07, 6.45) is 11.3. The van der Waals surface area contributed by atoms with E-state index in [1.165, 1.54) is 48.3 Å². The molecule has 3 heterocycles. The van der Waals surface area contributed by atoms with Gasteiger partial charge in [0.05, 0.1) is 6.20 Å². The van der Waals surface area contributed by atoms with E-state index in [-0.39, 0.29) is 17.8 Å². The number of nitrogens with one attached hydrogen (secondary N) is 2. The molecule has 3 aromatic rings. The van der Waals surface area contributed by atoms with E-state index in [1.807, 2.05) is 24.4 Å². The number of primary amides is 1. The Hall–Kier alpha value is -4.21. The second-order valence-corrected chi connectivity index (χ2v) is 12.2. The first-order valence-corrected chi connectivity index (χ1v) is 15.5. The third-order valence-electron chi connectivity index (χ3n) is 8.99. The van der Waals surface area contributed by atoms with Gasteiger partial charge in [0.1, 0.15) is 5.82 Å². The van der Waals surface area contributed by atoms with Gasteiger partial charge in [0, 0.05) is 56.7 Å². The van der Waals surface area contributed by atoms with E-state index in [4.69, 9.17) is 10.7 Å². The van der Waals surface area contributed by atoms with Gasteiger partial charge in [-0.25, -0.2) is 14.8 Å². The van der Waals surface area contributed by atoms with Crippen LogP contribution in [0, 0.1) is 5.92 Å². The van der Waals surface area contributed by atoms with Gasteiger partial charge < -0.3 is 26.2 Å². The molecule has 2 aromatic heterocycles. The molecular weight excluding hydrogens is 540 g/mol. The van der Waals surface area contributed by atoms with Crippen LogP contribution in [-0.4, -0.2) is 65.0 Å². The van der Waals surface area contributed by atoms with Gasteiger partial charge in [-0.15, -0.1) is 0 Å². The number of carbonyl (C=O) groups excluding carboxylic acids is 2. The van der Waals surface area contributed by atoms with E-state index < -0.39 is 5.91 Å². The number of amides is 3. The van der Waals surface area contributed by atoms with Crippen molar-refractivity contribution in [1.82, 2.24) is 25.2 Å². The van der Waals surface area contributed by atoms with Crippen molar-refractivity contribution in [1.29, 1.82) is 0 Å². The van der Waals surface area contributed by atoms with Gasteiger partial charge in [0.25, 0.3) is 5.91 Å². The summed E-state index contributed by atoms with van der Waals surface area (Å²) in [5.74, 6) is 1.98. The lowest BCUT2D eigenvalue weighted by Gasteiger charge is -2.34. The Bertz CT molecular complexity index is 1380. The molecule has 2 aliphatic rings. The lowest BCUT2D eigenvalue weighted by Crippen LogP contribution is -2.50. The van der Waals surface area contributed by atoms with Crippen LogP contribution < -0.4 is 21.3 Å². The second kappa shape index (κ2) is 13.8. The molecule has 228 valence electrons. The van der Waals surface area contributed by atoms with Crippen LogP contribution in [-0.2, 0) is 0 Å². The molecule has 0 radical (unpaired) electrons. The van der Waals surface area contributed by atoms with Gasteiger partial charge in [-0.3, -0.25) is 9.78 Å². The summed E-state index contributed by atoms with van der Waals surface area (Å²) in [6.45, 7) is 3.72. The number of hydrogen-bond acceptors (Lipinski definition) is 7. The maximum Gasteiger partial charge on any atom is 0.317 e. The number of hydrogen-bond donors (Lipinski definition) is 3. The molecule has 4 N–H and O–H groups in total. The third-order valence-corrected chi connectivity index (χ3v) is 8.99. The molecule has 0 bridgehead atoms. The van der Waals surface area contributed by atoms with E-state index in [0.29, 0.717) is 35.9 Å². The Balaban J connectivity index is 1.24. The van der Waals surface area contributed by atoms with E-state index in [9.17, 15) is 9.59 Å². The van der Waals surface area contributed by atoms with Crippen molar-refractivity contribution in [3.05, 3.63) is 71.8 Å². The highest BCUT2D eigenvalue weighted by Crippen LogP contribution is 2.40. The van der Waals surface area contributed by atoms with Crippen LogP contribution in [0.2, 0.25) is 0 Å². The summed E-state index contributed by atoms with van der Waals surface area (Å²) < 4.78 is 0. The van der Waals surface area contributed by atoms with Gasteiger partial charge in [-0.2, -0.15) is 0 Å². The normalized spacial score (nSPS) is 21.4. The molecule has 4 atom stereocenters. The van der Waals surface area contributed by atoms with Crippen molar-refractivity contribution < 1.29 is 9.59 Å². The van der Waals surface area contributed by atoms with Crippen LogP contribution >= 0.6 is 0 Å². The predicted octanol–water partition coefficient (Wildman–Crippen LogP) is 5.42. The lowest BCUT2D eigenvalue weighted by atomic mass is 9.84. The zero-order valence-corrected chi connectivity index (χ0v) is 25.5. The fourth-order valence-electron chi connectivity index (χ4n) is 6.43. The average Bonchev–Trinajstić information content (AvgIpc) is 3.28. The Labute approximate surface area is 254 Å². The summed E-state index contributed by atoms with van der Waals surface area (Å²) in [5.41, 5.74) is 9.11. The summed E-state index contributed by atoms with van der Waals surface area (Å²) >= 11 is 0. The fraction of sp³-hybridized carbons (Fsp3) is 0.485. The van der Waals surface area contributed by atoms with Crippen LogP contribution in [0.3, 0.4) is 0 Å².